The highest BCUT2D eigenvalue weighted by atomic mass is 32.2. The van der Waals surface area contributed by atoms with Crippen LogP contribution in [-0.4, -0.2) is 10.2 Å². The Morgan fingerprint density at radius 3 is 2.46 bits per heavy atom. The SMILES string of the molecule is Cc1ccc(-c2ccc(SCc3cccc4ccccc34)nn2)c(C)c1. The van der Waals surface area contributed by atoms with Crippen molar-refractivity contribution in [3.05, 3.63) is 89.5 Å². The Kier molecular flexibility index (Phi) is 4.72. The Morgan fingerprint density at radius 2 is 1.65 bits per heavy atom. The summed E-state index contributed by atoms with van der Waals surface area (Å²) in [5.74, 6) is 0.888. The van der Waals surface area contributed by atoms with E-state index in [0.29, 0.717) is 0 Å². The normalized spacial score (nSPS) is 11.0. The Hall–Kier alpha value is -2.65. The van der Waals surface area contributed by atoms with E-state index in [1.807, 2.05) is 0 Å². The van der Waals surface area contributed by atoms with E-state index in [9.17, 15) is 0 Å². The summed E-state index contributed by atoms with van der Waals surface area (Å²) in [6.45, 7) is 4.22. The zero-order valence-corrected chi connectivity index (χ0v) is 15.8. The van der Waals surface area contributed by atoms with E-state index in [0.717, 1.165) is 22.0 Å². The molecule has 0 aliphatic heterocycles. The molecule has 0 bridgehead atoms. The van der Waals surface area contributed by atoms with Crippen molar-refractivity contribution < 1.29 is 0 Å². The van der Waals surface area contributed by atoms with E-state index in [1.54, 1.807) is 11.8 Å². The molecule has 0 N–H and O–H groups in total. The van der Waals surface area contributed by atoms with Crippen LogP contribution in [0.15, 0.2) is 77.8 Å². The summed E-state index contributed by atoms with van der Waals surface area (Å²) < 4.78 is 0. The molecule has 128 valence electrons. The van der Waals surface area contributed by atoms with Crippen LogP contribution < -0.4 is 0 Å². The number of aryl methyl sites for hydroxylation is 2. The van der Waals surface area contributed by atoms with Crippen LogP contribution in [0, 0.1) is 13.8 Å². The van der Waals surface area contributed by atoms with Crippen LogP contribution in [0.3, 0.4) is 0 Å². The number of rotatable bonds is 4. The fraction of sp³-hybridized carbons (Fsp3) is 0.130. The first kappa shape index (κ1) is 16.8. The highest BCUT2D eigenvalue weighted by molar-refractivity contribution is 7.98. The molecule has 3 aromatic carbocycles. The van der Waals surface area contributed by atoms with Gasteiger partial charge in [0.25, 0.3) is 0 Å². The van der Waals surface area contributed by atoms with E-state index in [1.165, 1.54) is 27.5 Å². The van der Waals surface area contributed by atoms with Crippen LogP contribution >= 0.6 is 11.8 Å². The third-order valence-corrected chi connectivity index (χ3v) is 5.52. The summed E-state index contributed by atoms with van der Waals surface area (Å²) in [5.41, 5.74) is 5.90. The minimum absolute atomic E-state index is 0.888. The van der Waals surface area contributed by atoms with Crippen molar-refractivity contribution in [1.29, 1.82) is 0 Å². The van der Waals surface area contributed by atoms with Crippen molar-refractivity contribution in [2.45, 2.75) is 24.6 Å². The molecule has 0 amide bonds. The van der Waals surface area contributed by atoms with Crippen molar-refractivity contribution in [2.24, 2.45) is 0 Å². The molecule has 0 fully saturated rings. The van der Waals surface area contributed by atoms with Gasteiger partial charge in [0, 0.05) is 11.3 Å². The van der Waals surface area contributed by atoms with Crippen LogP contribution in [0.1, 0.15) is 16.7 Å². The van der Waals surface area contributed by atoms with Crippen molar-refractivity contribution in [2.75, 3.05) is 0 Å². The average Bonchev–Trinajstić information content (AvgIpc) is 2.67. The molecule has 3 heteroatoms. The monoisotopic (exact) mass is 356 g/mol. The maximum atomic E-state index is 4.44. The first-order chi connectivity index (χ1) is 12.7. The summed E-state index contributed by atoms with van der Waals surface area (Å²) >= 11 is 1.73. The predicted octanol–water partition coefficient (Wildman–Crippen LogP) is 6.21. The summed E-state index contributed by atoms with van der Waals surface area (Å²) in [6.07, 6.45) is 0. The lowest BCUT2D eigenvalue weighted by atomic mass is 10.0. The average molecular weight is 356 g/mol. The number of benzene rings is 3. The molecule has 0 spiro atoms. The number of fused-ring (bicyclic) bond motifs is 1. The molecule has 0 unspecified atom stereocenters. The van der Waals surface area contributed by atoms with Crippen molar-refractivity contribution >= 4 is 22.5 Å². The Balaban J connectivity index is 1.52. The fourth-order valence-electron chi connectivity index (χ4n) is 3.21. The molecule has 0 saturated carbocycles. The zero-order valence-electron chi connectivity index (χ0n) is 14.9. The second-order valence-electron chi connectivity index (χ2n) is 6.50. The number of aromatic nitrogens is 2. The Morgan fingerprint density at radius 1 is 0.808 bits per heavy atom. The third kappa shape index (κ3) is 3.49. The molecule has 0 saturated heterocycles. The standard InChI is InChI=1S/C23H20N2S/c1-16-10-11-20(17(2)14-16)22-12-13-23(25-24-22)26-15-19-8-5-7-18-6-3-4-9-21(18)19/h3-14H,15H2,1-2H3. The molecule has 4 aromatic rings. The van der Waals surface area contributed by atoms with Crippen molar-refractivity contribution in [1.82, 2.24) is 10.2 Å². The lowest BCUT2D eigenvalue weighted by molar-refractivity contribution is 0.934. The van der Waals surface area contributed by atoms with Gasteiger partial charge in [0.2, 0.25) is 0 Å². The van der Waals surface area contributed by atoms with Crippen LogP contribution in [0.25, 0.3) is 22.0 Å². The minimum atomic E-state index is 0.888. The molecule has 1 heterocycles. The molecule has 0 atom stereocenters. The van der Waals surface area contributed by atoms with Crippen LogP contribution in [0.2, 0.25) is 0 Å². The third-order valence-electron chi connectivity index (χ3n) is 4.55. The van der Waals surface area contributed by atoms with Gasteiger partial charge in [-0.2, -0.15) is 0 Å². The maximum absolute atomic E-state index is 4.44. The van der Waals surface area contributed by atoms with Gasteiger partial charge in [-0.05, 0) is 47.9 Å². The van der Waals surface area contributed by atoms with E-state index < -0.39 is 0 Å². The van der Waals surface area contributed by atoms with Gasteiger partial charge >= 0.3 is 0 Å². The Bertz CT molecular complexity index is 1050. The second-order valence-corrected chi connectivity index (χ2v) is 7.50. The maximum Gasteiger partial charge on any atom is 0.119 e. The smallest absolute Gasteiger partial charge is 0.119 e. The molecular formula is C23H20N2S. The topological polar surface area (TPSA) is 25.8 Å². The predicted molar refractivity (Wildman–Crippen MR) is 110 cm³/mol. The summed E-state index contributed by atoms with van der Waals surface area (Å²) in [4.78, 5) is 0. The molecule has 4 rings (SSSR count). The number of nitrogens with zero attached hydrogens (tertiary/aromatic N) is 2. The summed E-state index contributed by atoms with van der Waals surface area (Å²) in [7, 11) is 0. The van der Waals surface area contributed by atoms with Gasteiger partial charge in [0.05, 0.1) is 5.69 Å². The zero-order chi connectivity index (χ0) is 17.9. The van der Waals surface area contributed by atoms with Gasteiger partial charge in [-0.25, -0.2) is 0 Å². The first-order valence-electron chi connectivity index (χ1n) is 8.71. The summed E-state index contributed by atoms with van der Waals surface area (Å²) in [6, 6.07) is 25.5. The van der Waals surface area contributed by atoms with Gasteiger partial charge in [0.1, 0.15) is 5.03 Å². The lowest BCUT2D eigenvalue weighted by Crippen LogP contribution is -1.92. The van der Waals surface area contributed by atoms with Gasteiger partial charge in [-0.1, -0.05) is 78.0 Å². The van der Waals surface area contributed by atoms with Gasteiger partial charge < -0.3 is 0 Å². The van der Waals surface area contributed by atoms with Gasteiger partial charge in [-0.15, -0.1) is 10.2 Å². The number of thioether (sulfide) groups is 1. The highest BCUT2D eigenvalue weighted by Gasteiger charge is 2.06. The molecule has 1 aromatic heterocycles. The summed E-state index contributed by atoms with van der Waals surface area (Å²) in [5, 5.41) is 12.4. The fourth-order valence-corrected chi connectivity index (χ4v) is 4.03. The van der Waals surface area contributed by atoms with Crippen LogP contribution in [0.5, 0.6) is 0 Å². The molecular weight excluding hydrogens is 336 g/mol. The van der Waals surface area contributed by atoms with Crippen molar-refractivity contribution in [3.63, 3.8) is 0 Å². The quantitative estimate of drug-likeness (QED) is 0.407. The molecule has 0 aliphatic carbocycles. The number of hydrogen-bond acceptors (Lipinski definition) is 3. The van der Waals surface area contributed by atoms with E-state index >= 15 is 0 Å². The second kappa shape index (κ2) is 7.30. The van der Waals surface area contributed by atoms with Gasteiger partial charge in [0.15, 0.2) is 0 Å². The first-order valence-corrected chi connectivity index (χ1v) is 9.70. The van der Waals surface area contributed by atoms with E-state index in [-0.39, 0.29) is 0 Å². The molecule has 0 aliphatic rings. The minimum Gasteiger partial charge on any atom is -0.149 e. The lowest BCUT2D eigenvalue weighted by Gasteiger charge is -2.08. The number of hydrogen-bond donors (Lipinski definition) is 0. The largest absolute Gasteiger partial charge is 0.149 e. The van der Waals surface area contributed by atoms with E-state index in [2.05, 4.69) is 96.8 Å². The molecule has 0 radical (unpaired) electrons. The van der Waals surface area contributed by atoms with Crippen molar-refractivity contribution in [3.8, 4) is 11.3 Å². The molecule has 2 nitrogen and oxygen atoms in total. The van der Waals surface area contributed by atoms with Crippen LogP contribution in [0.4, 0.5) is 0 Å². The van der Waals surface area contributed by atoms with Gasteiger partial charge in [-0.3, -0.25) is 0 Å². The van der Waals surface area contributed by atoms with E-state index in [4.69, 9.17) is 0 Å². The van der Waals surface area contributed by atoms with Crippen LogP contribution in [-0.2, 0) is 5.75 Å². The molecule has 26 heavy (non-hydrogen) atoms. The highest BCUT2D eigenvalue weighted by Crippen LogP contribution is 2.27. The Labute approximate surface area is 158 Å².